The molecule has 3 fully saturated rings. The van der Waals surface area contributed by atoms with Crippen molar-refractivity contribution >= 4 is 5.91 Å². The van der Waals surface area contributed by atoms with Crippen molar-refractivity contribution in [1.29, 1.82) is 0 Å². The summed E-state index contributed by atoms with van der Waals surface area (Å²) in [5.74, 6) is 3.44. The van der Waals surface area contributed by atoms with Crippen molar-refractivity contribution in [2.45, 2.75) is 51.4 Å². The minimum Gasteiger partial charge on any atom is -0.497 e. The normalized spacial score (nSPS) is 30.0. The Bertz CT molecular complexity index is 683. The Kier molecular flexibility index (Phi) is 5.96. The number of carbonyl (C=O) groups is 1. The summed E-state index contributed by atoms with van der Waals surface area (Å²) in [5.41, 5.74) is 1.08. The van der Waals surface area contributed by atoms with E-state index in [9.17, 15) is 4.79 Å². The Morgan fingerprint density at radius 3 is 2.71 bits per heavy atom. The lowest BCUT2D eigenvalue weighted by Crippen LogP contribution is -2.50. The van der Waals surface area contributed by atoms with Gasteiger partial charge in [0.15, 0.2) is 0 Å². The molecular weight excluding hydrogens is 348 g/mol. The van der Waals surface area contributed by atoms with Gasteiger partial charge in [0.05, 0.1) is 12.5 Å². The van der Waals surface area contributed by atoms with Crippen LogP contribution < -0.4 is 10.1 Å². The highest BCUT2D eigenvalue weighted by Gasteiger charge is 2.56. The number of amides is 1. The molecule has 0 spiro atoms. The van der Waals surface area contributed by atoms with Gasteiger partial charge in [-0.05, 0) is 94.0 Å². The lowest BCUT2D eigenvalue weighted by molar-refractivity contribution is -0.147. The number of piperidine rings is 1. The van der Waals surface area contributed by atoms with Crippen LogP contribution in [0.1, 0.15) is 50.5 Å². The van der Waals surface area contributed by atoms with Crippen molar-refractivity contribution in [2.75, 3.05) is 33.8 Å². The molecular formula is C24H36N2O2. The molecule has 1 amide bonds. The Morgan fingerprint density at radius 1 is 1.25 bits per heavy atom. The van der Waals surface area contributed by atoms with E-state index in [1.165, 1.54) is 31.2 Å². The van der Waals surface area contributed by atoms with Crippen LogP contribution in [0.15, 0.2) is 24.3 Å². The number of rotatable bonds is 7. The van der Waals surface area contributed by atoms with Crippen molar-refractivity contribution in [1.82, 2.24) is 10.2 Å². The van der Waals surface area contributed by atoms with Crippen LogP contribution in [0.4, 0.5) is 0 Å². The van der Waals surface area contributed by atoms with Gasteiger partial charge in [-0.15, -0.1) is 0 Å². The molecule has 0 radical (unpaired) electrons. The topological polar surface area (TPSA) is 41.6 Å². The summed E-state index contributed by atoms with van der Waals surface area (Å²) in [6, 6.07) is 8.36. The van der Waals surface area contributed by atoms with Crippen LogP contribution >= 0.6 is 0 Å². The number of methoxy groups -OCH3 is 1. The van der Waals surface area contributed by atoms with Gasteiger partial charge in [0.2, 0.25) is 5.91 Å². The standard InChI is InChI=1S/C24H36N2O2/c1-25-11-8-18-9-12-26(13-10-18)23(27)24(17-20-6-7-21(24)14-20)16-19-4-3-5-22(15-19)28-2/h3-5,15,18,20-21,25H,6-14,16-17H2,1-2H3. The second kappa shape index (κ2) is 8.44. The minimum atomic E-state index is -0.174. The van der Waals surface area contributed by atoms with Gasteiger partial charge in [-0.1, -0.05) is 18.6 Å². The van der Waals surface area contributed by atoms with Crippen LogP contribution in [-0.2, 0) is 11.2 Å². The van der Waals surface area contributed by atoms with Gasteiger partial charge < -0.3 is 15.0 Å². The quantitative estimate of drug-likeness (QED) is 0.775. The summed E-state index contributed by atoms with van der Waals surface area (Å²) in [6.07, 6.45) is 9.35. The van der Waals surface area contributed by atoms with Crippen molar-refractivity contribution in [3.63, 3.8) is 0 Å². The molecule has 2 bridgehead atoms. The van der Waals surface area contributed by atoms with Gasteiger partial charge in [0.25, 0.3) is 0 Å². The van der Waals surface area contributed by atoms with Crippen molar-refractivity contribution < 1.29 is 9.53 Å². The van der Waals surface area contributed by atoms with Gasteiger partial charge in [0.1, 0.15) is 5.75 Å². The van der Waals surface area contributed by atoms with Crippen LogP contribution in [0.25, 0.3) is 0 Å². The minimum absolute atomic E-state index is 0.174. The Morgan fingerprint density at radius 2 is 2.07 bits per heavy atom. The SMILES string of the molecule is CNCCC1CCN(C(=O)C2(Cc3cccc(OC)c3)CC3CCC2C3)CC1. The molecule has 0 aromatic heterocycles. The second-order valence-corrected chi connectivity index (χ2v) is 9.39. The number of ether oxygens (including phenoxy) is 1. The molecule has 1 heterocycles. The first-order chi connectivity index (χ1) is 13.6. The monoisotopic (exact) mass is 384 g/mol. The fourth-order valence-corrected chi connectivity index (χ4v) is 6.23. The highest BCUT2D eigenvalue weighted by Crippen LogP contribution is 2.58. The fraction of sp³-hybridized carbons (Fsp3) is 0.708. The summed E-state index contributed by atoms with van der Waals surface area (Å²) >= 11 is 0. The van der Waals surface area contributed by atoms with Crippen molar-refractivity contribution in [3.05, 3.63) is 29.8 Å². The Balaban J connectivity index is 1.50. The molecule has 3 aliphatic rings. The third kappa shape index (κ3) is 3.80. The van der Waals surface area contributed by atoms with Crippen LogP contribution in [-0.4, -0.2) is 44.6 Å². The third-order valence-electron chi connectivity index (χ3n) is 7.76. The number of carbonyl (C=O) groups excluding carboxylic acids is 1. The zero-order chi connectivity index (χ0) is 19.6. The zero-order valence-electron chi connectivity index (χ0n) is 17.6. The molecule has 1 aromatic rings. The molecule has 4 rings (SSSR count). The van der Waals surface area contributed by atoms with E-state index in [0.717, 1.165) is 62.9 Å². The molecule has 4 nitrogen and oxygen atoms in total. The molecule has 1 N–H and O–H groups in total. The van der Waals surface area contributed by atoms with E-state index < -0.39 is 0 Å². The van der Waals surface area contributed by atoms with Crippen molar-refractivity contribution in [2.24, 2.45) is 23.2 Å². The van der Waals surface area contributed by atoms with E-state index in [1.54, 1.807) is 7.11 Å². The molecule has 3 unspecified atom stereocenters. The number of likely N-dealkylation sites (tertiary alicyclic amines) is 1. The van der Waals surface area contributed by atoms with Crippen LogP contribution in [0.5, 0.6) is 5.75 Å². The highest BCUT2D eigenvalue weighted by atomic mass is 16.5. The summed E-state index contributed by atoms with van der Waals surface area (Å²) in [6.45, 7) is 2.98. The molecule has 3 atom stereocenters. The number of hydrogen-bond donors (Lipinski definition) is 1. The maximum absolute atomic E-state index is 13.9. The maximum Gasteiger partial charge on any atom is 0.229 e. The predicted octanol–water partition coefficient (Wildman–Crippen LogP) is 3.89. The highest BCUT2D eigenvalue weighted by molar-refractivity contribution is 5.84. The predicted molar refractivity (Wildman–Crippen MR) is 112 cm³/mol. The third-order valence-corrected chi connectivity index (χ3v) is 7.76. The fourth-order valence-electron chi connectivity index (χ4n) is 6.23. The summed E-state index contributed by atoms with van der Waals surface area (Å²) in [7, 11) is 3.74. The lowest BCUT2D eigenvalue weighted by atomic mass is 9.68. The van der Waals surface area contributed by atoms with E-state index in [-0.39, 0.29) is 5.41 Å². The first-order valence-electron chi connectivity index (χ1n) is 11.2. The van der Waals surface area contributed by atoms with Gasteiger partial charge in [0, 0.05) is 13.1 Å². The number of nitrogens with one attached hydrogen (secondary N) is 1. The largest absolute Gasteiger partial charge is 0.497 e. The molecule has 4 heteroatoms. The lowest BCUT2D eigenvalue weighted by Gasteiger charge is -2.43. The molecule has 1 aliphatic heterocycles. The summed E-state index contributed by atoms with van der Waals surface area (Å²) < 4.78 is 5.43. The maximum atomic E-state index is 13.9. The Labute approximate surface area is 170 Å². The van der Waals surface area contributed by atoms with Gasteiger partial charge in [-0.2, -0.15) is 0 Å². The van der Waals surface area contributed by atoms with Crippen LogP contribution in [0, 0.1) is 23.2 Å². The number of nitrogens with zero attached hydrogens (tertiary/aromatic N) is 1. The van der Waals surface area contributed by atoms with Gasteiger partial charge >= 0.3 is 0 Å². The first kappa shape index (κ1) is 19.8. The van der Waals surface area contributed by atoms with E-state index in [2.05, 4.69) is 28.4 Å². The molecule has 1 saturated heterocycles. The summed E-state index contributed by atoms with van der Waals surface area (Å²) in [5, 5.41) is 3.26. The van der Waals surface area contributed by atoms with E-state index >= 15 is 0 Å². The molecule has 154 valence electrons. The molecule has 2 aliphatic carbocycles. The van der Waals surface area contributed by atoms with Crippen LogP contribution in [0.2, 0.25) is 0 Å². The van der Waals surface area contributed by atoms with E-state index in [1.807, 2.05) is 13.1 Å². The number of fused-ring (bicyclic) bond motifs is 2. The Hall–Kier alpha value is -1.55. The summed E-state index contributed by atoms with van der Waals surface area (Å²) in [4.78, 5) is 16.1. The number of benzene rings is 1. The second-order valence-electron chi connectivity index (χ2n) is 9.39. The average molecular weight is 385 g/mol. The first-order valence-corrected chi connectivity index (χ1v) is 11.2. The van der Waals surface area contributed by atoms with Gasteiger partial charge in [-0.25, -0.2) is 0 Å². The van der Waals surface area contributed by atoms with Crippen LogP contribution in [0.3, 0.4) is 0 Å². The van der Waals surface area contributed by atoms with E-state index in [0.29, 0.717) is 11.8 Å². The smallest absolute Gasteiger partial charge is 0.229 e. The van der Waals surface area contributed by atoms with Crippen molar-refractivity contribution in [3.8, 4) is 5.75 Å². The molecule has 28 heavy (non-hydrogen) atoms. The molecule has 2 saturated carbocycles. The average Bonchev–Trinajstić information content (AvgIpc) is 3.34. The van der Waals surface area contributed by atoms with Gasteiger partial charge in [-0.3, -0.25) is 4.79 Å². The number of hydrogen-bond acceptors (Lipinski definition) is 3. The van der Waals surface area contributed by atoms with E-state index in [4.69, 9.17) is 4.74 Å². The molecule has 1 aromatic carbocycles. The zero-order valence-corrected chi connectivity index (χ0v) is 17.6.